The molecular formula is C25H19ClN2O4. The molecule has 3 aromatic carbocycles. The SMILES string of the molecule is CC[C@@H](C(=O)c1ccccc1)N(C(=O)c1ccccc1Cl)N1C(=O)c2ccccc2C1=O. The van der Waals surface area contributed by atoms with E-state index in [1.807, 2.05) is 0 Å². The number of amides is 3. The van der Waals surface area contributed by atoms with Crippen LogP contribution in [0.1, 0.15) is 54.8 Å². The average molecular weight is 447 g/mol. The quantitative estimate of drug-likeness (QED) is 0.408. The van der Waals surface area contributed by atoms with Gasteiger partial charge in [0.1, 0.15) is 6.04 Å². The summed E-state index contributed by atoms with van der Waals surface area (Å²) in [6.07, 6.45) is 0.178. The Bertz CT molecular complexity index is 1190. The molecule has 1 aliphatic rings. The van der Waals surface area contributed by atoms with Crippen molar-refractivity contribution < 1.29 is 19.2 Å². The van der Waals surface area contributed by atoms with E-state index in [0.29, 0.717) is 5.56 Å². The van der Waals surface area contributed by atoms with Gasteiger partial charge in [-0.3, -0.25) is 19.2 Å². The third kappa shape index (κ3) is 3.59. The first kappa shape index (κ1) is 21.5. The van der Waals surface area contributed by atoms with E-state index in [1.165, 1.54) is 24.3 Å². The zero-order chi connectivity index (χ0) is 22.8. The summed E-state index contributed by atoms with van der Waals surface area (Å²) in [5, 5.41) is 1.88. The van der Waals surface area contributed by atoms with Gasteiger partial charge in [-0.1, -0.05) is 73.1 Å². The fourth-order valence-electron chi connectivity index (χ4n) is 3.77. The van der Waals surface area contributed by atoms with Crippen LogP contribution in [0.15, 0.2) is 78.9 Å². The molecule has 160 valence electrons. The van der Waals surface area contributed by atoms with Gasteiger partial charge in [-0.15, -0.1) is 0 Å². The number of rotatable bonds is 6. The standard InChI is InChI=1S/C25H19ClN2O4/c1-2-21(22(29)16-10-4-3-5-11-16)27(25(32)19-14-8-9-15-20(19)26)28-23(30)17-12-6-7-13-18(17)24(28)31/h3-15,21H,2H2,1H3/t21-/m0/s1. The van der Waals surface area contributed by atoms with E-state index in [2.05, 4.69) is 0 Å². The lowest BCUT2D eigenvalue weighted by atomic mass is 10.0. The van der Waals surface area contributed by atoms with Crippen LogP contribution in [-0.2, 0) is 0 Å². The highest BCUT2D eigenvalue weighted by molar-refractivity contribution is 6.34. The molecule has 0 saturated carbocycles. The maximum atomic E-state index is 13.7. The Labute approximate surface area is 190 Å². The van der Waals surface area contributed by atoms with Crippen LogP contribution in [0.4, 0.5) is 0 Å². The minimum absolute atomic E-state index is 0.0880. The fourth-order valence-corrected chi connectivity index (χ4v) is 3.98. The summed E-state index contributed by atoms with van der Waals surface area (Å²) in [6.45, 7) is 1.72. The van der Waals surface area contributed by atoms with Crippen LogP contribution in [0.25, 0.3) is 0 Å². The van der Waals surface area contributed by atoms with Crippen LogP contribution in [0.5, 0.6) is 0 Å². The van der Waals surface area contributed by atoms with Gasteiger partial charge in [0.2, 0.25) is 0 Å². The molecule has 7 heteroatoms. The first-order chi connectivity index (χ1) is 15.5. The van der Waals surface area contributed by atoms with Gasteiger partial charge >= 0.3 is 0 Å². The summed E-state index contributed by atoms with van der Waals surface area (Å²) in [5.41, 5.74) is 0.811. The Morgan fingerprint density at radius 1 is 0.844 bits per heavy atom. The molecule has 0 saturated heterocycles. The van der Waals surface area contributed by atoms with E-state index < -0.39 is 23.8 Å². The highest BCUT2D eigenvalue weighted by Crippen LogP contribution is 2.29. The van der Waals surface area contributed by atoms with Crippen molar-refractivity contribution in [1.29, 1.82) is 0 Å². The predicted octanol–water partition coefficient (Wildman–Crippen LogP) is 4.65. The number of fused-ring (bicyclic) bond motifs is 1. The van der Waals surface area contributed by atoms with E-state index in [9.17, 15) is 19.2 Å². The number of hydrogen-bond donors (Lipinski definition) is 0. The highest BCUT2D eigenvalue weighted by atomic mass is 35.5. The van der Waals surface area contributed by atoms with Crippen LogP contribution in [0.3, 0.4) is 0 Å². The number of benzene rings is 3. The zero-order valence-electron chi connectivity index (χ0n) is 17.2. The van der Waals surface area contributed by atoms with Gasteiger partial charge in [0, 0.05) is 5.56 Å². The van der Waals surface area contributed by atoms with Gasteiger partial charge < -0.3 is 0 Å². The van der Waals surface area contributed by atoms with Gasteiger partial charge in [-0.2, -0.15) is 5.01 Å². The molecule has 0 spiro atoms. The van der Waals surface area contributed by atoms with Crippen molar-refractivity contribution >= 4 is 35.1 Å². The first-order valence-corrected chi connectivity index (χ1v) is 10.5. The Hall–Kier alpha value is -3.77. The van der Waals surface area contributed by atoms with Gasteiger partial charge in [-0.25, -0.2) is 5.01 Å². The molecule has 3 amide bonds. The van der Waals surface area contributed by atoms with Gasteiger partial charge in [0.25, 0.3) is 17.7 Å². The fraction of sp³-hybridized carbons (Fsp3) is 0.120. The topological polar surface area (TPSA) is 74.8 Å². The van der Waals surface area contributed by atoms with Crippen molar-refractivity contribution in [2.45, 2.75) is 19.4 Å². The Morgan fingerprint density at radius 3 is 1.94 bits per heavy atom. The predicted molar refractivity (Wildman–Crippen MR) is 119 cm³/mol. The van der Waals surface area contributed by atoms with Crippen LogP contribution in [0.2, 0.25) is 5.02 Å². The molecule has 0 bridgehead atoms. The third-order valence-electron chi connectivity index (χ3n) is 5.34. The van der Waals surface area contributed by atoms with Crippen molar-refractivity contribution in [1.82, 2.24) is 10.0 Å². The van der Waals surface area contributed by atoms with Gasteiger partial charge in [0.05, 0.1) is 21.7 Å². The molecule has 1 aliphatic heterocycles. The minimum atomic E-state index is -1.09. The molecule has 1 atom stereocenters. The molecule has 1 heterocycles. The van der Waals surface area contributed by atoms with E-state index >= 15 is 0 Å². The largest absolute Gasteiger partial charge is 0.292 e. The molecular weight excluding hydrogens is 428 g/mol. The number of hydrazine groups is 1. The monoisotopic (exact) mass is 446 g/mol. The molecule has 0 aromatic heterocycles. The van der Waals surface area contributed by atoms with Crippen LogP contribution in [-0.4, -0.2) is 39.6 Å². The molecule has 32 heavy (non-hydrogen) atoms. The van der Waals surface area contributed by atoms with Gasteiger partial charge in [-0.05, 0) is 30.7 Å². The lowest BCUT2D eigenvalue weighted by Gasteiger charge is -2.35. The molecule has 6 nitrogen and oxygen atoms in total. The van der Waals surface area contributed by atoms with Crippen molar-refractivity contribution in [3.05, 3.63) is 106 Å². The number of carbonyl (C=O) groups excluding carboxylic acids is 4. The Morgan fingerprint density at radius 2 is 1.38 bits per heavy atom. The average Bonchev–Trinajstić information content (AvgIpc) is 3.07. The van der Waals surface area contributed by atoms with Crippen molar-refractivity contribution in [2.75, 3.05) is 0 Å². The number of imide groups is 1. The van der Waals surface area contributed by atoms with Crippen molar-refractivity contribution in [3.8, 4) is 0 Å². The van der Waals surface area contributed by atoms with Crippen LogP contribution in [0, 0.1) is 0 Å². The van der Waals surface area contributed by atoms with Crippen LogP contribution >= 0.6 is 11.6 Å². The molecule has 0 fully saturated rings. The smallest absolute Gasteiger partial charge is 0.280 e. The zero-order valence-corrected chi connectivity index (χ0v) is 18.0. The van der Waals surface area contributed by atoms with E-state index in [1.54, 1.807) is 61.5 Å². The number of hydrogen-bond acceptors (Lipinski definition) is 4. The number of halogens is 1. The van der Waals surface area contributed by atoms with Gasteiger partial charge in [0.15, 0.2) is 5.78 Å². The lowest BCUT2D eigenvalue weighted by molar-refractivity contribution is -0.00970. The van der Waals surface area contributed by atoms with Crippen molar-refractivity contribution in [3.63, 3.8) is 0 Å². The van der Waals surface area contributed by atoms with E-state index in [4.69, 9.17) is 11.6 Å². The minimum Gasteiger partial charge on any atom is -0.292 e. The normalized spacial score (nSPS) is 13.6. The summed E-state index contributed by atoms with van der Waals surface area (Å²) in [5.74, 6) is -2.41. The molecule has 0 aliphatic carbocycles. The van der Waals surface area contributed by atoms with E-state index in [-0.39, 0.29) is 33.9 Å². The third-order valence-corrected chi connectivity index (χ3v) is 5.67. The van der Waals surface area contributed by atoms with Crippen LogP contribution < -0.4 is 0 Å². The van der Waals surface area contributed by atoms with Crippen molar-refractivity contribution in [2.24, 2.45) is 0 Å². The number of Topliss-reactive ketones (excluding diaryl/α,β-unsaturated/α-hetero) is 1. The lowest BCUT2D eigenvalue weighted by Crippen LogP contribution is -2.57. The highest BCUT2D eigenvalue weighted by Gasteiger charge is 2.45. The summed E-state index contributed by atoms with van der Waals surface area (Å²) in [6, 6.07) is 20.0. The maximum absolute atomic E-state index is 13.7. The summed E-state index contributed by atoms with van der Waals surface area (Å²) < 4.78 is 0. The van der Waals surface area contributed by atoms with E-state index in [0.717, 1.165) is 10.0 Å². The number of carbonyl (C=O) groups is 4. The summed E-state index contributed by atoms with van der Waals surface area (Å²) >= 11 is 6.26. The maximum Gasteiger partial charge on any atom is 0.280 e. The molecule has 0 unspecified atom stereocenters. The summed E-state index contributed by atoms with van der Waals surface area (Å²) in [7, 11) is 0. The second kappa shape index (κ2) is 8.77. The Balaban J connectivity index is 1.85. The number of ketones is 1. The molecule has 0 N–H and O–H groups in total. The summed E-state index contributed by atoms with van der Waals surface area (Å²) in [4.78, 5) is 53.5. The molecule has 4 rings (SSSR count). The second-order valence-electron chi connectivity index (χ2n) is 7.25. The Kier molecular flexibility index (Phi) is 5.88. The molecule has 0 radical (unpaired) electrons. The first-order valence-electron chi connectivity index (χ1n) is 10.1. The molecule has 3 aromatic rings. The second-order valence-corrected chi connectivity index (χ2v) is 7.66. The number of nitrogens with zero attached hydrogens (tertiary/aromatic N) is 2.